The van der Waals surface area contributed by atoms with E-state index in [4.69, 9.17) is 0 Å². The van der Waals surface area contributed by atoms with Gasteiger partial charge >= 0.3 is 0 Å². The van der Waals surface area contributed by atoms with Gasteiger partial charge in [0.15, 0.2) is 0 Å². The van der Waals surface area contributed by atoms with Gasteiger partial charge in [-0.05, 0) is 38.0 Å². The maximum atomic E-state index is 12.1. The molecule has 1 saturated heterocycles. The second-order valence-electron chi connectivity index (χ2n) is 6.48. The maximum absolute atomic E-state index is 12.1. The summed E-state index contributed by atoms with van der Waals surface area (Å²) in [6.07, 6.45) is 8.24. The van der Waals surface area contributed by atoms with Crippen LogP contribution in [0.15, 0.2) is 0 Å². The molecule has 2 saturated carbocycles. The number of aliphatic hydroxyl groups is 1. The molecule has 110 valence electrons. The van der Waals surface area contributed by atoms with Crippen molar-refractivity contribution in [1.82, 2.24) is 10.6 Å². The first kappa shape index (κ1) is 15.1. The number of amides is 1. The second-order valence-corrected chi connectivity index (χ2v) is 6.48. The molecule has 1 amide bonds. The zero-order valence-electron chi connectivity index (χ0n) is 11.4. The van der Waals surface area contributed by atoms with Gasteiger partial charge in [-0.15, -0.1) is 12.4 Å². The van der Waals surface area contributed by atoms with Crippen LogP contribution < -0.4 is 10.6 Å². The van der Waals surface area contributed by atoms with Crippen molar-refractivity contribution in [2.45, 2.75) is 57.0 Å². The lowest BCUT2D eigenvalue weighted by Crippen LogP contribution is -2.45. The van der Waals surface area contributed by atoms with Gasteiger partial charge < -0.3 is 15.7 Å². The summed E-state index contributed by atoms with van der Waals surface area (Å²) in [5.74, 6) is 0.853. The molecular formula is C14H25ClN2O2. The zero-order valence-corrected chi connectivity index (χ0v) is 12.2. The Labute approximate surface area is 121 Å². The van der Waals surface area contributed by atoms with Gasteiger partial charge in [0.05, 0.1) is 12.6 Å². The zero-order chi connectivity index (χ0) is 12.6. The first-order chi connectivity index (χ1) is 8.72. The number of halogens is 1. The van der Waals surface area contributed by atoms with E-state index in [1.807, 2.05) is 0 Å². The predicted molar refractivity (Wildman–Crippen MR) is 76.3 cm³/mol. The van der Waals surface area contributed by atoms with Crippen LogP contribution in [0.4, 0.5) is 0 Å². The van der Waals surface area contributed by atoms with Crippen molar-refractivity contribution in [1.29, 1.82) is 0 Å². The van der Waals surface area contributed by atoms with Crippen molar-refractivity contribution in [2.24, 2.45) is 11.3 Å². The average Bonchev–Trinajstić information content (AvgIpc) is 3.05. The van der Waals surface area contributed by atoms with Crippen LogP contribution >= 0.6 is 12.4 Å². The summed E-state index contributed by atoms with van der Waals surface area (Å²) in [5.41, 5.74) is 0.0149. The summed E-state index contributed by atoms with van der Waals surface area (Å²) in [7, 11) is 0. The Hall–Kier alpha value is -0.320. The fourth-order valence-electron chi connectivity index (χ4n) is 3.49. The van der Waals surface area contributed by atoms with Gasteiger partial charge in [0.1, 0.15) is 0 Å². The Morgan fingerprint density at radius 3 is 2.68 bits per heavy atom. The van der Waals surface area contributed by atoms with Crippen molar-refractivity contribution in [3.05, 3.63) is 0 Å². The van der Waals surface area contributed by atoms with Crippen LogP contribution in [0.3, 0.4) is 0 Å². The highest BCUT2D eigenvalue weighted by atomic mass is 35.5. The molecule has 5 heteroatoms. The van der Waals surface area contributed by atoms with Crippen molar-refractivity contribution < 1.29 is 9.90 Å². The lowest BCUT2D eigenvalue weighted by atomic mass is 9.85. The fourth-order valence-corrected chi connectivity index (χ4v) is 3.49. The standard InChI is InChI=1S/C14H24N2O2.ClH/c17-9-14(5-6-14)8-15-13(18)12-7-10-3-1-2-4-11(10)16-12;/h10-12,16-17H,1-9H2,(H,15,18);1H. The fraction of sp³-hybridized carbons (Fsp3) is 0.929. The Balaban J connectivity index is 0.00000133. The summed E-state index contributed by atoms with van der Waals surface area (Å²) in [6, 6.07) is 0.579. The van der Waals surface area contributed by atoms with E-state index in [0.717, 1.165) is 19.3 Å². The molecule has 3 rings (SSSR count). The van der Waals surface area contributed by atoms with Gasteiger partial charge in [0, 0.05) is 18.0 Å². The molecule has 0 radical (unpaired) electrons. The Bertz CT molecular complexity index is 319. The van der Waals surface area contributed by atoms with Crippen molar-refractivity contribution in [2.75, 3.05) is 13.2 Å². The summed E-state index contributed by atoms with van der Waals surface area (Å²) in [5, 5.41) is 15.8. The third-order valence-electron chi connectivity index (χ3n) is 5.11. The summed E-state index contributed by atoms with van der Waals surface area (Å²) < 4.78 is 0. The molecule has 4 nitrogen and oxygen atoms in total. The molecule has 0 spiro atoms. The van der Waals surface area contributed by atoms with E-state index in [2.05, 4.69) is 10.6 Å². The van der Waals surface area contributed by atoms with Gasteiger partial charge in [-0.2, -0.15) is 0 Å². The van der Waals surface area contributed by atoms with E-state index in [1.54, 1.807) is 0 Å². The topological polar surface area (TPSA) is 61.4 Å². The molecule has 19 heavy (non-hydrogen) atoms. The first-order valence-electron chi connectivity index (χ1n) is 7.37. The monoisotopic (exact) mass is 288 g/mol. The minimum atomic E-state index is 0. The third-order valence-corrected chi connectivity index (χ3v) is 5.11. The summed E-state index contributed by atoms with van der Waals surface area (Å²) in [4.78, 5) is 12.1. The van der Waals surface area contributed by atoms with Crippen LogP contribution in [-0.2, 0) is 4.79 Å². The molecule has 0 aromatic heterocycles. The minimum Gasteiger partial charge on any atom is -0.396 e. The molecule has 3 N–H and O–H groups in total. The molecule has 1 aliphatic heterocycles. The van der Waals surface area contributed by atoms with Crippen molar-refractivity contribution in [3.8, 4) is 0 Å². The molecule has 3 fully saturated rings. The van der Waals surface area contributed by atoms with E-state index < -0.39 is 0 Å². The highest BCUT2D eigenvalue weighted by molar-refractivity contribution is 5.85. The minimum absolute atomic E-state index is 0. The normalized spacial score (nSPS) is 35.1. The number of fused-ring (bicyclic) bond motifs is 1. The summed E-state index contributed by atoms with van der Waals surface area (Å²) >= 11 is 0. The van der Waals surface area contributed by atoms with Gasteiger partial charge in [-0.25, -0.2) is 0 Å². The highest BCUT2D eigenvalue weighted by Crippen LogP contribution is 2.44. The molecule has 2 aliphatic carbocycles. The Morgan fingerprint density at radius 1 is 1.32 bits per heavy atom. The molecule has 0 aromatic rings. The number of nitrogens with one attached hydrogen (secondary N) is 2. The number of aliphatic hydroxyl groups excluding tert-OH is 1. The SMILES string of the molecule is Cl.O=C(NCC1(CO)CC1)C1CC2CCCCC2N1. The van der Waals surface area contributed by atoms with Gasteiger partial charge in [-0.3, -0.25) is 4.79 Å². The van der Waals surface area contributed by atoms with E-state index in [9.17, 15) is 9.90 Å². The van der Waals surface area contributed by atoms with E-state index in [1.165, 1.54) is 25.7 Å². The van der Waals surface area contributed by atoms with Crippen molar-refractivity contribution >= 4 is 18.3 Å². The smallest absolute Gasteiger partial charge is 0.237 e. The van der Waals surface area contributed by atoms with E-state index >= 15 is 0 Å². The van der Waals surface area contributed by atoms with Crippen molar-refractivity contribution in [3.63, 3.8) is 0 Å². The predicted octanol–water partition coefficient (Wildman–Crippen LogP) is 1.22. The van der Waals surface area contributed by atoms with Crippen LogP contribution in [0.25, 0.3) is 0 Å². The Morgan fingerprint density at radius 2 is 2.05 bits per heavy atom. The lowest BCUT2D eigenvalue weighted by Gasteiger charge is -2.24. The molecule has 3 atom stereocenters. The van der Waals surface area contributed by atoms with Gasteiger partial charge in [0.2, 0.25) is 5.91 Å². The number of rotatable bonds is 4. The molecular weight excluding hydrogens is 264 g/mol. The Kier molecular flexibility index (Phi) is 4.75. The van der Waals surface area contributed by atoms with E-state index in [0.29, 0.717) is 18.5 Å². The van der Waals surface area contributed by atoms with Crippen LogP contribution in [0.5, 0.6) is 0 Å². The van der Waals surface area contributed by atoms with Gasteiger partial charge in [-0.1, -0.05) is 12.8 Å². The summed E-state index contributed by atoms with van der Waals surface area (Å²) in [6.45, 7) is 0.854. The highest BCUT2D eigenvalue weighted by Gasteiger charge is 2.43. The number of hydrogen-bond donors (Lipinski definition) is 3. The lowest BCUT2D eigenvalue weighted by molar-refractivity contribution is -0.123. The molecule has 0 bridgehead atoms. The van der Waals surface area contributed by atoms with Crippen LogP contribution in [0.2, 0.25) is 0 Å². The molecule has 3 unspecified atom stereocenters. The third kappa shape index (κ3) is 3.23. The molecule has 0 aromatic carbocycles. The van der Waals surface area contributed by atoms with E-state index in [-0.39, 0.29) is 36.4 Å². The average molecular weight is 289 g/mol. The maximum Gasteiger partial charge on any atom is 0.237 e. The van der Waals surface area contributed by atoms with Crippen LogP contribution in [0.1, 0.15) is 44.9 Å². The number of hydrogen-bond acceptors (Lipinski definition) is 3. The quantitative estimate of drug-likeness (QED) is 0.729. The number of carbonyl (C=O) groups excluding carboxylic acids is 1. The molecule has 3 aliphatic rings. The first-order valence-corrected chi connectivity index (χ1v) is 7.37. The van der Waals surface area contributed by atoms with Crippen LogP contribution in [0, 0.1) is 11.3 Å². The van der Waals surface area contributed by atoms with Gasteiger partial charge in [0.25, 0.3) is 0 Å². The number of carbonyl (C=O) groups is 1. The molecule has 1 heterocycles. The second kappa shape index (κ2) is 5.98. The van der Waals surface area contributed by atoms with Crippen LogP contribution in [-0.4, -0.2) is 36.2 Å². The largest absolute Gasteiger partial charge is 0.396 e.